The van der Waals surface area contributed by atoms with Gasteiger partial charge in [-0.2, -0.15) is 5.10 Å². The molecule has 0 amide bonds. The summed E-state index contributed by atoms with van der Waals surface area (Å²) in [7, 11) is 0. The fourth-order valence-corrected chi connectivity index (χ4v) is 2.14. The standard InChI is InChI=1S/C15H22N4OS/c1-15(2,3)13(11-19-8-5-7-17-19)18-14(21)16-10-12-6-4-9-20-12/h4-9,13H,10-11H2,1-3H3,(H2,16,18,21). The maximum atomic E-state index is 5.37. The quantitative estimate of drug-likeness (QED) is 0.832. The first-order chi connectivity index (χ1) is 9.95. The van der Waals surface area contributed by atoms with E-state index in [0.717, 1.165) is 12.3 Å². The highest BCUT2D eigenvalue weighted by Gasteiger charge is 2.25. The van der Waals surface area contributed by atoms with Gasteiger partial charge in [0.2, 0.25) is 0 Å². The smallest absolute Gasteiger partial charge is 0.166 e. The van der Waals surface area contributed by atoms with Crippen LogP contribution >= 0.6 is 12.2 Å². The maximum absolute atomic E-state index is 5.37. The predicted octanol–water partition coefficient (Wildman–Crippen LogP) is 2.56. The van der Waals surface area contributed by atoms with Gasteiger partial charge in [0.1, 0.15) is 5.76 Å². The molecule has 2 aromatic rings. The molecule has 0 spiro atoms. The molecule has 2 aromatic heterocycles. The second-order valence-electron chi connectivity index (χ2n) is 6.05. The van der Waals surface area contributed by atoms with Gasteiger partial charge in [0, 0.05) is 12.4 Å². The molecule has 114 valence electrons. The van der Waals surface area contributed by atoms with E-state index in [1.807, 2.05) is 29.1 Å². The van der Waals surface area contributed by atoms with Gasteiger partial charge < -0.3 is 15.1 Å². The first-order valence-electron chi connectivity index (χ1n) is 6.99. The van der Waals surface area contributed by atoms with Gasteiger partial charge in [-0.05, 0) is 35.8 Å². The number of nitrogens with zero attached hydrogens (tertiary/aromatic N) is 2. The fraction of sp³-hybridized carbons (Fsp3) is 0.467. The molecule has 0 aliphatic heterocycles. The molecular weight excluding hydrogens is 284 g/mol. The zero-order valence-electron chi connectivity index (χ0n) is 12.7. The molecule has 0 saturated heterocycles. The van der Waals surface area contributed by atoms with Gasteiger partial charge >= 0.3 is 0 Å². The molecule has 5 nitrogen and oxygen atoms in total. The van der Waals surface area contributed by atoms with Crippen LogP contribution in [-0.2, 0) is 13.1 Å². The van der Waals surface area contributed by atoms with Gasteiger partial charge in [-0.1, -0.05) is 20.8 Å². The Kier molecular flexibility index (Phi) is 5.01. The van der Waals surface area contributed by atoms with Crippen LogP contribution < -0.4 is 10.6 Å². The molecule has 0 aromatic carbocycles. The van der Waals surface area contributed by atoms with E-state index in [1.54, 1.807) is 12.5 Å². The van der Waals surface area contributed by atoms with Crippen LogP contribution in [0.5, 0.6) is 0 Å². The average molecular weight is 306 g/mol. The van der Waals surface area contributed by atoms with Crippen LogP contribution in [0.3, 0.4) is 0 Å². The van der Waals surface area contributed by atoms with Gasteiger partial charge in [-0.25, -0.2) is 0 Å². The Balaban J connectivity index is 1.90. The first kappa shape index (κ1) is 15.6. The number of hydrogen-bond donors (Lipinski definition) is 2. The summed E-state index contributed by atoms with van der Waals surface area (Å²) < 4.78 is 7.19. The van der Waals surface area contributed by atoms with Crippen molar-refractivity contribution in [1.82, 2.24) is 20.4 Å². The van der Waals surface area contributed by atoms with E-state index >= 15 is 0 Å². The molecule has 0 radical (unpaired) electrons. The van der Waals surface area contributed by atoms with Crippen molar-refractivity contribution in [3.05, 3.63) is 42.6 Å². The van der Waals surface area contributed by atoms with E-state index in [0.29, 0.717) is 11.7 Å². The highest BCUT2D eigenvalue weighted by Crippen LogP contribution is 2.20. The number of aromatic nitrogens is 2. The molecule has 6 heteroatoms. The zero-order chi connectivity index (χ0) is 15.3. The summed E-state index contributed by atoms with van der Waals surface area (Å²) in [5, 5.41) is 11.4. The van der Waals surface area contributed by atoms with Crippen LogP contribution in [0, 0.1) is 5.41 Å². The van der Waals surface area contributed by atoms with E-state index in [4.69, 9.17) is 16.6 Å². The van der Waals surface area contributed by atoms with E-state index in [-0.39, 0.29) is 11.5 Å². The molecule has 2 N–H and O–H groups in total. The highest BCUT2D eigenvalue weighted by molar-refractivity contribution is 7.80. The van der Waals surface area contributed by atoms with Crippen molar-refractivity contribution in [3.63, 3.8) is 0 Å². The minimum absolute atomic E-state index is 0.0579. The van der Waals surface area contributed by atoms with E-state index < -0.39 is 0 Å². The summed E-state index contributed by atoms with van der Waals surface area (Å²) in [6.45, 7) is 7.90. The molecule has 2 rings (SSSR count). The third-order valence-corrected chi connectivity index (χ3v) is 3.55. The second kappa shape index (κ2) is 6.76. The zero-order valence-corrected chi connectivity index (χ0v) is 13.5. The van der Waals surface area contributed by atoms with E-state index in [2.05, 4.69) is 36.5 Å². The van der Waals surface area contributed by atoms with Gasteiger partial charge in [-0.15, -0.1) is 0 Å². The summed E-state index contributed by atoms with van der Waals surface area (Å²) in [6.07, 6.45) is 5.40. The van der Waals surface area contributed by atoms with Crippen LogP contribution in [0.4, 0.5) is 0 Å². The lowest BCUT2D eigenvalue weighted by atomic mass is 9.87. The Morgan fingerprint density at radius 2 is 2.24 bits per heavy atom. The van der Waals surface area contributed by atoms with Crippen LogP contribution in [-0.4, -0.2) is 20.9 Å². The normalized spacial score (nSPS) is 12.9. The van der Waals surface area contributed by atoms with Crippen molar-refractivity contribution >= 4 is 17.3 Å². The molecule has 0 fully saturated rings. The number of furan rings is 1. The van der Waals surface area contributed by atoms with Gasteiger partial charge in [0.25, 0.3) is 0 Å². The van der Waals surface area contributed by atoms with Crippen molar-refractivity contribution in [3.8, 4) is 0 Å². The number of rotatable bonds is 5. The maximum Gasteiger partial charge on any atom is 0.166 e. The molecule has 0 bridgehead atoms. The summed E-state index contributed by atoms with van der Waals surface area (Å²) in [5.74, 6) is 0.860. The molecule has 0 saturated carbocycles. The van der Waals surface area contributed by atoms with Gasteiger partial charge in [0.05, 0.1) is 25.4 Å². The van der Waals surface area contributed by atoms with Crippen molar-refractivity contribution in [2.45, 2.75) is 39.9 Å². The summed E-state index contributed by atoms with van der Waals surface area (Å²) in [4.78, 5) is 0. The molecule has 1 atom stereocenters. The summed E-state index contributed by atoms with van der Waals surface area (Å²) in [5.41, 5.74) is 0.0579. The fourth-order valence-electron chi connectivity index (χ4n) is 1.92. The van der Waals surface area contributed by atoms with Crippen LogP contribution in [0.2, 0.25) is 0 Å². The number of nitrogens with one attached hydrogen (secondary N) is 2. The van der Waals surface area contributed by atoms with Gasteiger partial charge in [-0.3, -0.25) is 4.68 Å². The van der Waals surface area contributed by atoms with Crippen LogP contribution in [0.1, 0.15) is 26.5 Å². The van der Waals surface area contributed by atoms with Crippen LogP contribution in [0.15, 0.2) is 41.3 Å². The lowest BCUT2D eigenvalue weighted by molar-refractivity contribution is 0.260. The third-order valence-electron chi connectivity index (χ3n) is 3.28. The molecular formula is C15H22N4OS. The Bertz CT molecular complexity index is 543. The minimum atomic E-state index is 0.0579. The lowest BCUT2D eigenvalue weighted by Gasteiger charge is -2.32. The topological polar surface area (TPSA) is 55.0 Å². The summed E-state index contributed by atoms with van der Waals surface area (Å²) in [6, 6.07) is 5.88. The Morgan fingerprint density at radius 3 is 2.81 bits per heavy atom. The molecule has 0 aliphatic carbocycles. The van der Waals surface area contributed by atoms with Crippen molar-refractivity contribution in [2.75, 3.05) is 0 Å². The summed E-state index contributed by atoms with van der Waals surface area (Å²) >= 11 is 5.37. The van der Waals surface area contributed by atoms with Crippen LogP contribution in [0.25, 0.3) is 0 Å². The minimum Gasteiger partial charge on any atom is -0.467 e. The monoisotopic (exact) mass is 306 g/mol. The molecule has 1 unspecified atom stereocenters. The lowest BCUT2D eigenvalue weighted by Crippen LogP contribution is -2.49. The van der Waals surface area contributed by atoms with Crippen molar-refractivity contribution in [2.24, 2.45) is 5.41 Å². The Morgan fingerprint density at radius 1 is 1.43 bits per heavy atom. The first-order valence-corrected chi connectivity index (χ1v) is 7.40. The SMILES string of the molecule is CC(C)(C)C(Cn1cccn1)NC(=S)NCc1ccco1. The van der Waals surface area contributed by atoms with Gasteiger partial charge in [0.15, 0.2) is 5.11 Å². The number of thiocarbonyl (C=S) groups is 1. The predicted molar refractivity (Wildman–Crippen MR) is 86.8 cm³/mol. The third kappa shape index (κ3) is 4.90. The van der Waals surface area contributed by atoms with E-state index in [1.165, 1.54) is 0 Å². The Labute approximate surface area is 130 Å². The largest absolute Gasteiger partial charge is 0.467 e. The Hall–Kier alpha value is -1.82. The van der Waals surface area contributed by atoms with E-state index in [9.17, 15) is 0 Å². The van der Waals surface area contributed by atoms with Crippen molar-refractivity contribution < 1.29 is 4.42 Å². The number of hydrogen-bond acceptors (Lipinski definition) is 3. The molecule has 0 aliphatic rings. The average Bonchev–Trinajstić information content (AvgIpc) is 3.07. The molecule has 21 heavy (non-hydrogen) atoms. The molecule has 2 heterocycles. The second-order valence-corrected chi connectivity index (χ2v) is 6.46. The van der Waals surface area contributed by atoms with Crippen molar-refractivity contribution in [1.29, 1.82) is 0 Å². The highest BCUT2D eigenvalue weighted by atomic mass is 32.1.